The number of nitrogens with zero attached hydrogens (tertiary/aromatic N) is 1. The van der Waals surface area contributed by atoms with Gasteiger partial charge >= 0.3 is 5.97 Å². The van der Waals surface area contributed by atoms with Crippen molar-refractivity contribution in [3.8, 4) is 5.75 Å². The third kappa shape index (κ3) is 5.15. The van der Waals surface area contributed by atoms with Gasteiger partial charge in [-0.05, 0) is 23.1 Å². The van der Waals surface area contributed by atoms with E-state index in [0.29, 0.717) is 31.0 Å². The number of esters is 1. The van der Waals surface area contributed by atoms with Crippen molar-refractivity contribution in [1.82, 2.24) is 4.90 Å². The zero-order chi connectivity index (χ0) is 21.3. The van der Waals surface area contributed by atoms with Gasteiger partial charge in [-0.2, -0.15) is 0 Å². The van der Waals surface area contributed by atoms with Crippen LogP contribution in [-0.4, -0.2) is 50.8 Å². The van der Waals surface area contributed by atoms with E-state index in [2.05, 4.69) is 0 Å². The molecule has 6 heteroatoms. The fourth-order valence-electron chi connectivity index (χ4n) is 3.22. The quantitative estimate of drug-likeness (QED) is 0.506. The van der Waals surface area contributed by atoms with Gasteiger partial charge in [0.1, 0.15) is 5.75 Å². The van der Waals surface area contributed by atoms with Crippen LogP contribution in [0, 0.1) is 0 Å². The first-order valence-corrected chi connectivity index (χ1v) is 9.67. The first-order valence-electron chi connectivity index (χ1n) is 9.67. The number of methoxy groups -OCH3 is 2. The average molecular weight is 407 g/mol. The van der Waals surface area contributed by atoms with Crippen LogP contribution in [0.2, 0.25) is 0 Å². The highest BCUT2D eigenvalue weighted by atomic mass is 16.5. The molecule has 156 valence electrons. The molecule has 0 unspecified atom stereocenters. The summed E-state index contributed by atoms with van der Waals surface area (Å²) in [4.78, 5) is 27.0. The molecule has 0 aliphatic carbocycles. The Morgan fingerprint density at radius 2 is 1.57 bits per heavy atom. The highest BCUT2D eigenvalue weighted by molar-refractivity contribution is 6.06. The molecular formula is C24H25NO5. The lowest BCUT2D eigenvalue weighted by atomic mass is 10.0. The molecule has 0 bridgehead atoms. The molecule has 3 rings (SSSR count). The Bertz CT molecular complexity index is 1000. The minimum absolute atomic E-state index is 0.276. The number of carbonyl (C=O) groups is 2. The van der Waals surface area contributed by atoms with Crippen molar-refractivity contribution in [2.45, 2.75) is 6.54 Å². The maximum absolute atomic E-state index is 12.7. The number of ether oxygens (including phenoxy) is 3. The van der Waals surface area contributed by atoms with Crippen molar-refractivity contribution in [1.29, 1.82) is 0 Å². The predicted octanol–water partition coefficient (Wildman–Crippen LogP) is 3.68. The fraction of sp³-hybridized carbons (Fsp3) is 0.250. The van der Waals surface area contributed by atoms with Crippen LogP contribution < -0.4 is 4.74 Å². The predicted molar refractivity (Wildman–Crippen MR) is 115 cm³/mol. The molecule has 0 aliphatic heterocycles. The number of carbonyl (C=O) groups excluding carboxylic acids is 2. The van der Waals surface area contributed by atoms with E-state index in [1.165, 1.54) is 0 Å². The minimum Gasteiger partial charge on any atom is -0.496 e. The van der Waals surface area contributed by atoms with Gasteiger partial charge in [-0.15, -0.1) is 0 Å². The molecule has 30 heavy (non-hydrogen) atoms. The standard InChI is InChI=1S/C24H25NO5/c1-28-15-14-25(16-18-8-4-3-5-9-18)23(26)17-30-24(27)21-12-13-22(29-2)20-11-7-6-10-19(20)21/h3-13H,14-17H2,1-2H3. The van der Waals surface area contributed by atoms with Gasteiger partial charge in [0.25, 0.3) is 5.91 Å². The van der Waals surface area contributed by atoms with E-state index in [9.17, 15) is 9.59 Å². The van der Waals surface area contributed by atoms with Crippen LogP contribution in [0.4, 0.5) is 0 Å². The Labute approximate surface area is 176 Å². The van der Waals surface area contributed by atoms with Crippen molar-refractivity contribution in [2.75, 3.05) is 34.0 Å². The summed E-state index contributed by atoms with van der Waals surface area (Å²) in [6.45, 7) is 0.894. The van der Waals surface area contributed by atoms with Crippen LogP contribution in [-0.2, 0) is 20.8 Å². The second-order valence-corrected chi connectivity index (χ2v) is 6.73. The van der Waals surface area contributed by atoms with E-state index >= 15 is 0 Å². The van der Waals surface area contributed by atoms with Gasteiger partial charge in [-0.3, -0.25) is 4.79 Å². The zero-order valence-electron chi connectivity index (χ0n) is 17.2. The molecule has 0 saturated carbocycles. The van der Waals surface area contributed by atoms with E-state index < -0.39 is 5.97 Å². The van der Waals surface area contributed by atoms with Gasteiger partial charge in [0, 0.05) is 25.6 Å². The van der Waals surface area contributed by atoms with Crippen LogP contribution in [0.1, 0.15) is 15.9 Å². The Kier molecular flexibility index (Phi) is 7.40. The second kappa shape index (κ2) is 10.4. The maximum atomic E-state index is 12.7. The molecule has 0 aliphatic rings. The Balaban J connectivity index is 1.70. The second-order valence-electron chi connectivity index (χ2n) is 6.73. The molecule has 0 N–H and O–H groups in total. The summed E-state index contributed by atoms with van der Waals surface area (Å²) in [7, 11) is 3.17. The number of amides is 1. The monoisotopic (exact) mass is 407 g/mol. The third-order valence-corrected chi connectivity index (χ3v) is 4.78. The smallest absolute Gasteiger partial charge is 0.339 e. The van der Waals surface area contributed by atoms with Crippen LogP contribution in [0.25, 0.3) is 10.8 Å². The van der Waals surface area contributed by atoms with E-state index in [1.807, 2.05) is 54.6 Å². The van der Waals surface area contributed by atoms with Crippen LogP contribution in [0.15, 0.2) is 66.7 Å². The summed E-state index contributed by atoms with van der Waals surface area (Å²) in [5.74, 6) is -0.150. The molecule has 3 aromatic rings. The van der Waals surface area contributed by atoms with Gasteiger partial charge in [0.2, 0.25) is 0 Å². The molecular weight excluding hydrogens is 382 g/mol. The molecule has 3 aromatic carbocycles. The molecule has 0 aromatic heterocycles. The van der Waals surface area contributed by atoms with Gasteiger partial charge in [-0.25, -0.2) is 4.79 Å². The summed E-state index contributed by atoms with van der Waals surface area (Å²) in [6.07, 6.45) is 0. The first-order chi connectivity index (χ1) is 14.6. The van der Waals surface area contributed by atoms with Crippen molar-refractivity contribution in [3.63, 3.8) is 0 Å². The topological polar surface area (TPSA) is 65.1 Å². The highest BCUT2D eigenvalue weighted by Crippen LogP contribution is 2.28. The minimum atomic E-state index is -0.548. The van der Waals surface area contributed by atoms with E-state index in [4.69, 9.17) is 14.2 Å². The van der Waals surface area contributed by atoms with Crippen molar-refractivity contribution in [3.05, 3.63) is 77.9 Å². The zero-order valence-corrected chi connectivity index (χ0v) is 17.2. The summed E-state index contributed by atoms with van der Waals surface area (Å²) in [5, 5.41) is 1.53. The number of benzene rings is 3. The molecule has 0 saturated heterocycles. The maximum Gasteiger partial charge on any atom is 0.339 e. The van der Waals surface area contributed by atoms with Gasteiger partial charge < -0.3 is 19.1 Å². The highest BCUT2D eigenvalue weighted by Gasteiger charge is 2.19. The molecule has 0 radical (unpaired) electrons. The molecule has 0 spiro atoms. The van der Waals surface area contributed by atoms with E-state index in [0.717, 1.165) is 16.3 Å². The van der Waals surface area contributed by atoms with Crippen LogP contribution in [0.5, 0.6) is 5.75 Å². The average Bonchev–Trinajstić information content (AvgIpc) is 2.79. The Hall–Kier alpha value is -3.38. The number of fused-ring (bicyclic) bond motifs is 1. The molecule has 6 nitrogen and oxygen atoms in total. The van der Waals surface area contributed by atoms with E-state index in [-0.39, 0.29) is 12.5 Å². The Morgan fingerprint density at radius 1 is 0.867 bits per heavy atom. The summed E-state index contributed by atoms with van der Waals surface area (Å²) < 4.78 is 15.8. The summed E-state index contributed by atoms with van der Waals surface area (Å²) >= 11 is 0. The fourth-order valence-corrected chi connectivity index (χ4v) is 3.22. The van der Waals surface area contributed by atoms with Crippen molar-refractivity contribution >= 4 is 22.6 Å². The molecule has 0 heterocycles. The summed E-state index contributed by atoms with van der Waals surface area (Å²) in [6, 6.07) is 20.5. The SMILES string of the molecule is COCCN(Cc1ccccc1)C(=O)COC(=O)c1ccc(OC)c2ccccc12. The van der Waals surface area contributed by atoms with Crippen molar-refractivity contribution in [2.24, 2.45) is 0 Å². The lowest BCUT2D eigenvalue weighted by molar-refractivity contribution is -0.135. The normalized spacial score (nSPS) is 10.6. The van der Waals surface area contributed by atoms with Gasteiger partial charge in [0.15, 0.2) is 6.61 Å². The molecule has 0 fully saturated rings. The van der Waals surface area contributed by atoms with Crippen LogP contribution >= 0.6 is 0 Å². The number of hydrogen-bond donors (Lipinski definition) is 0. The van der Waals surface area contributed by atoms with Crippen molar-refractivity contribution < 1.29 is 23.8 Å². The van der Waals surface area contributed by atoms with Gasteiger partial charge in [-0.1, -0.05) is 54.6 Å². The van der Waals surface area contributed by atoms with Gasteiger partial charge in [0.05, 0.1) is 19.3 Å². The Morgan fingerprint density at radius 3 is 2.27 bits per heavy atom. The number of rotatable bonds is 9. The number of hydrogen-bond acceptors (Lipinski definition) is 5. The van der Waals surface area contributed by atoms with Crippen LogP contribution in [0.3, 0.4) is 0 Å². The lowest BCUT2D eigenvalue weighted by Crippen LogP contribution is -2.36. The third-order valence-electron chi connectivity index (χ3n) is 4.78. The molecule has 1 amide bonds. The first kappa shape index (κ1) is 21.3. The summed E-state index contributed by atoms with van der Waals surface area (Å²) in [5.41, 5.74) is 1.39. The largest absolute Gasteiger partial charge is 0.496 e. The van der Waals surface area contributed by atoms with E-state index in [1.54, 1.807) is 31.3 Å². The lowest BCUT2D eigenvalue weighted by Gasteiger charge is -2.22. The molecule has 0 atom stereocenters.